The first-order valence-electron chi connectivity index (χ1n) is 7.59. The van der Waals surface area contributed by atoms with Crippen molar-refractivity contribution in [2.24, 2.45) is 5.92 Å². The summed E-state index contributed by atoms with van der Waals surface area (Å²) in [7, 11) is 0. The Hall–Kier alpha value is -1.34. The Morgan fingerprint density at radius 3 is 2.71 bits per heavy atom. The van der Waals surface area contributed by atoms with Crippen molar-refractivity contribution in [1.29, 1.82) is 0 Å². The number of nitrogen functional groups attached to an aromatic ring is 1. The number of carbonyl (C=O) groups is 1. The molecule has 3 fully saturated rings. The van der Waals surface area contributed by atoms with Crippen LogP contribution >= 0.6 is 11.5 Å². The molecule has 116 valence electrons. The third-order valence-electron chi connectivity index (χ3n) is 4.34. The molecule has 21 heavy (non-hydrogen) atoms. The average molecular weight is 309 g/mol. The number of hydrogen-bond acceptors (Lipinski definition) is 6. The molecule has 0 saturated carbocycles. The highest BCUT2D eigenvalue weighted by Gasteiger charge is 2.35. The van der Waals surface area contributed by atoms with Crippen molar-refractivity contribution in [2.45, 2.75) is 38.8 Å². The van der Waals surface area contributed by atoms with E-state index < -0.39 is 0 Å². The monoisotopic (exact) mass is 309 g/mol. The summed E-state index contributed by atoms with van der Waals surface area (Å²) >= 11 is 1.29. The first-order valence-corrected chi connectivity index (χ1v) is 8.37. The van der Waals surface area contributed by atoms with Crippen molar-refractivity contribution in [3.8, 4) is 0 Å². The Morgan fingerprint density at radius 1 is 1.43 bits per heavy atom. The van der Waals surface area contributed by atoms with Crippen molar-refractivity contribution in [2.75, 3.05) is 30.7 Å². The van der Waals surface area contributed by atoms with Gasteiger partial charge in [0.15, 0.2) is 5.82 Å². The highest BCUT2D eigenvalue weighted by atomic mass is 32.1. The molecule has 1 aromatic rings. The highest BCUT2D eigenvalue weighted by Crippen LogP contribution is 2.33. The summed E-state index contributed by atoms with van der Waals surface area (Å²) in [4.78, 5) is 14.8. The number of aromatic nitrogens is 1. The SMILES string of the molecule is CC(C)NC(=O)c1c(N)nsc1NC1CN2CCC1CC2. The molecular formula is C14H23N5OS. The predicted molar refractivity (Wildman–Crippen MR) is 85.7 cm³/mol. The van der Waals surface area contributed by atoms with Gasteiger partial charge in [-0.05, 0) is 57.2 Å². The number of hydrogen-bond donors (Lipinski definition) is 3. The van der Waals surface area contributed by atoms with Crippen LogP contribution < -0.4 is 16.4 Å². The summed E-state index contributed by atoms with van der Waals surface area (Å²) in [6.07, 6.45) is 2.47. The number of fused-ring (bicyclic) bond motifs is 3. The zero-order valence-corrected chi connectivity index (χ0v) is 13.4. The average Bonchev–Trinajstić information content (AvgIpc) is 2.80. The molecule has 1 amide bonds. The van der Waals surface area contributed by atoms with E-state index in [4.69, 9.17) is 5.73 Å². The van der Waals surface area contributed by atoms with E-state index in [1.165, 1.54) is 37.5 Å². The van der Waals surface area contributed by atoms with Crippen LogP contribution in [0.4, 0.5) is 10.8 Å². The molecule has 4 heterocycles. The minimum atomic E-state index is -0.139. The summed E-state index contributed by atoms with van der Waals surface area (Å²) in [5.41, 5.74) is 6.39. The van der Waals surface area contributed by atoms with Crippen LogP contribution in [-0.2, 0) is 0 Å². The van der Waals surface area contributed by atoms with Crippen molar-refractivity contribution < 1.29 is 4.79 Å². The fraction of sp³-hybridized carbons (Fsp3) is 0.714. The second-order valence-corrected chi connectivity index (χ2v) is 7.06. The normalized spacial score (nSPS) is 27.9. The Morgan fingerprint density at radius 2 is 2.14 bits per heavy atom. The van der Waals surface area contributed by atoms with Gasteiger partial charge in [-0.1, -0.05) is 0 Å². The van der Waals surface area contributed by atoms with E-state index in [2.05, 4.69) is 19.9 Å². The van der Waals surface area contributed by atoms with Crippen LogP contribution in [0.15, 0.2) is 0 Å². The molecule has 7 heteroatoms. The fourth-order valence-electron chi connectivity index (χ4n) is 3.25. The van der Waals surface area contributed by atoms with Crippen molar-refractivity contribution in [1.82, 2.24) is 14.6 Å². The Balaban J connectivity index is 1.75. The van der Waals surface area contributed by atoms with Crippen LogP contribution in [0.3, 0.4) is 0 Å². The van der Waals surface area contributed by atoms with E-state index in [1.807, 2.05) is 13.8 Å². The number of nitrogens with two attached hydrogens (primary N) is 1. The zero-order chi connectivity index (χ0) is 15.0. The van der Waals surface area contributed by atoms with E-state index in [-0.39, 0.29) is 11.9 Å². The lowest BCUT2D eigenvalue weighted by molar-refractivity contribution is 0.0939. The molecule has 2 bridgehead atoms. The lowest BCUT2D eigenvalue weighted by Gasteiger charge is -2.45. The number of nitrogens with zero attached hydrogens (tertiary/aromatic N) is 2. The van der Waals surface area contributed by atoms with Gasteiger partial charge in [0, 0.05) is 18.6 Å². The number of amides is 1. The number of piperidine rings is 3. The van der Waals surface area contributed by atoms with Crippen LogP contribution in [0.25, 0.3) is 0 Å². The summed E-state index contributed by atoms with van der Waals surface area (Å²) in [6.45, 7) is 7.33. The molecule has 4 N–H and O–H groups in total. The van der Waals surface area contributed by atoms with Gasteiger partial charge >= 0.3 is 0 Å². The Bertz CT molecular complexity index is 521. The lowest BCUT2D eigenvalue weighted by Crippen LogP contribution is -2.53. The Labute approximate surface area is 129 Å². The number of nitrogens with one attached hydrogen (secondary N) is 2. The number of anilines is 2. The largest absolute Gasteiger partial charge is 0.382 e. The molecule has 6 nitrogen and oxygen atoms in total. The van der Waals surface area contributed by atoms with Crippen molar-refractivity contribution in [3.63, 3.8) is 0 Å². The second-order valence-electron chi connectivity index (χ2n) is 6.29. The van der Waals surface area contributed by atoms with Crippen LogP contribution in [0.2, 0.25) is 0 Å². The standard InChI is InChI=1S/C14H23N5OS/c1-8(2)16-13(20)11-12(15)18-21-14(11)17-10-7-19-5-3-9(10)4-6-19/h8-10,17H,3-7H2,1-2H3,(H2,15,18)(H,16,20). The van der Waals surface area contributed by atoms with Crippen LogP contribution in [0.1, 0.15) is 37.0 Å². The van der Waals surface area contributed by atoms with Gasteiger partial charge < -0.3 is 21.3 Å². The lowest BCUT2D eigenvalue weighted by atomic mass is 9.84. The van der Waals surface area contributed by atoms with Crippen molar-refractivity contribution >= 4 is 28.3 Å². The molecule has 0 aromatic carbocycles. The quantitative estimate of drug-likeness (QED) is 0.782. The predicted octanol–water partition coefficient (Wildman–Crippen LogP) is 1.37. The zero-order valence-electron chi connectivity index (χ0n) is 12.6. The summed E-state index contributed by atoms with van der Waals surface area (Å²) < 4.78 is 4.16. The van der Waals surface area contributed by atoms with Gasteiger partial charge in [0.2, 0.25) is 0 Å². The summed E-state index contributed by atoms with van der Waals surface area (Å²) in [6, 6.07) is 0.486. The van der Waals surface area contributed by atoms with Gasteiger partial charge in [-0.15, -0.1) is 0 Å². The van der Waals surface area contributed by atoms with Gasteiger partial charge in [-0.25, -0.2) is 0 Å². The second kappa shape index (κ2) is 5.81. The van der Waals surface area contributed by atoms with Gasteiger partial charge in [0.1, 0.15) is 10.6 Å². The first-order chi connectivity index (χ1) is 10.0. The summed E-state index contributed by atoms with van der Waals surface area (Å²) in [5.74, 6) is 0.876. The molecule has 3 aliphatic heterocycles. The maximum Gasteiger partial charge on any atom is 0.258 e. The highest BCUT2D eigenvalue weighted by molar-refractivity contribution is 7.11. The molecule has 1 aromatic heterocycles. The minimum Gasteiger partial charge on any atom is -0.382 e. The molecule has 3 saturated heterocycles. The molecule has 3 aliphatic rings. The number of rotatable bonds is 4. The third-order valence-corrected chi connectivity index (χ3v) is 5.13. The third kappa shape index (κ3) is 2.98. The smallest absolute Gasteiger partial charge is 0.258 e. The maximum absolute atomic E-state index is 12.3. The Kier molecular flexibility index (Phi) is 4.03. The molecule has 1 atom stereocenters. The molecule has 0 aliphatic carbocycles. The van der Waals surface area contributed by atoms with Crippen LogP contribution in [0.5, 0.6) is 0 Å². The van der Waals surface area contributed by atoms with Gasteiger partial charge in [-0.3, -0.25) is 4.79 Å². The van der Waals surface area contributed by atoms with E-state index in [0.717, 1.165) is 11.5 Å². The van der Waals surface area contributed by atoms with Gasteiger partial charge in [0.05, 0.1) is 0 Å². The van der Waals surface area contributed by atoms with Gasteiger partial charge in [-0.2, -0.15) is 4.37 Å². The maximum atomic E-state index is 12.3. The van der Waals surface area contributed by atoms with E-state index in [0.29, 0.717) is 23.3 Å². The fourth-order valence-corrected chi connectivity index (χ4v) is 4.03. The molecule has 0 radical (unpaired) electrons. The first kappa shape index (κ1) is 14.6. The topological polar surface area (TPSA) is 83.3 Å². The molecule has 0 spiro atoms. The molecule has 4 rings (SSSR count). The van der Waals surface area contributed by atoms with E-state index in [9.17, 15) is 4.79 Å². The summed E-state index contributed by atoms with van der Waals surface area (Å²) in [5, 5.41) is 7.23. The molecular weight excluding hydrogens is 286 g/mol. The van der Waals surface area contributed by atoms with Gasteiger partial charge in [0.25, 0.3) is 5.91 Å². The van der Waals surface area contributed by atoms with E-state index >= 15 is 0 Å². The van der Waals surface area contributed by atoms with E-state index in [1.54, 1.807) is 0 Å². The van der Waals surface area contributed by atoms with Crippen LogP contribution in [0, 0.1) is 5.92 Å². The molecule has 1 unspecified atom stereocenters. The van der Waals surface area contributed by atoms with Crippen molar-refractivity contribution in [3.05, 3.63) is 5.56 Å². The van der Waals surface area contributed by atoms with Crippen LogP contribution in [-0.4, -0.2) is 46.9 Å². The number of carbonyl (C=O) groups excluding carboxylic acids is 1. The minimum absolute atomic E-state index is 0.0847.